The highest BCUT2D eigenvalue weighted by molar-refractivity contribution is 5.81. The number of nitrogens with zero attached hydrogens (tertiary/aromatic N) is 1. The first kappa shape index (κ1) is 15.0. The predicted molar refractivity (Wildman–Crippen MR) is 79.5 cm³/mol. The SMILES string of the molecule is CCC1CCNC(C(=O)NCCCc2cn[nH]c2C)C1. The quantitative estimate of drug-likeness (QED) is 0.691. The van der Waals surface area contributed by atoms with Crippen LogP contribution in [-0.2, 0) is 11.2 Å². The van der Waals surface area contributed by atoms with E-state index in [1.165, 1.54) is 18.4 Å². The number of piperidine rings is 1. The molecule has 1 fully saturated rings. The second-order valence-corrected chi connectivity index (χ2v) is 5.72. The van der Waals surface area contributed by atoms with Crippen LogP contribution >= 0.6 is 0 Å². The summed E-state index contributed by atoms with van der Waals surface area (Å²) in [6.45, 7) is 5.93. The van der Waals surface area contributed by atoms with Gasteiger partial charge < -0.3 is 10.6 Å². The van der Waals surface area contributed by atoms with Crippen LogP contribution in [0.5, 0.6) is 0 Å². The van der Waals surface area contributed by atoms with E-state index in [0.29, 0.717) is 5.92 Å². The van der Waals surface area contributed by atoms with Crippen molar-refractivity contribution in [2.45, 2.75) is 52.0 Å². The van der Waals surface area contributed by atoms with Gasteiger partial charge in [-0.3, -0.25) is 9.89 Å². The largest absolute Gasteiger partial charge is 0.355 e. The van der Waals surface area contributed by atoms with E-state index in [1.54, 1.807) is 0 Å². The van der Waals surface area contributed by atoms with Gasteiger partial charge in [0.1, 0.15) is 0 Å². The van der Waals surface area contributed by atoms with E-state index in [9.17, 15) is 4.79 Å². The first-order valence-electron chi connectivity index (χ1n) is 7.70. The highest BCUT2D eigenvalue weighted by atomic mass is 16.2. The number of hydrogen-bond donors (Lipinski definition) is 3. The molecule has 2 atom stereocenters. The molecule has 1 saturated heterocycles. The Morgan fingerprint density at radius 2 is 2.40 bits per heavy atom. The summed E-state index contributed by atoms with van der Waals surface area (Å²) < 4.78 is 0. The number of nitrogens with one attached hydrogen (secondary N) is 3. The van der Waals surface area contributed by atoms with Gasteiger partial charge >= 0.3 is 0 Å². The zero-order valence-electron chi connectivity index (χ0n) is 12.5. The Labute approximate surface area is 120 Å². The van der Waals surface area contributed by atoms with Crippen LogP contribution in [0.25, 0.3) is 0 Å². The molecule has 0 aromatic carbocycles. The summed E-state index contributed by atoms with van der Waals surface area (Å²) in [5.41, 5.74) is 2.36. The predicted octanol–water partition coefficient (Wildman–Crippen LogP) is 1.55. The summed E-state index contributed by atoms with van der Waals surface area (Å²) in [7, 11) is 0. The van der Waals surface area contributed by atoms with Gasteiger partial charge in [0, 0.05) is 12.2 Å². The highest BCUT2D eigenvalue weighted by Crippen LogP contribution is 2.19. The van der Waals surface area contributed by atoms with E-state index < -0.39 is 0 Å². The number of aryl methyl sites for hydroxylation is 2. The van der Waals surface area contributed by atoms with Crippen molar-refractivity contribution in [3.8, 4) is 0 Å². The number of aromatic amines is 1. The fourth-order valence-electron chi connectivity index (χ4n) is 2.81. The molecule has 2 unspecified atom stereocenters. The van der Waals surface area contributed by atoms with E-state index in [0.717, 1.165) is 38.0 Å². The van der Waals surface area contributed by atoms with Crippen LogP contribution in [0.1, 0.15) is 43.9 Å². The van der Waals surface area contributed by atoms with Crippen LogP contribution in [-0.4, -0.2) is 35.2 Å². The van der Waals surface area contributed by atoms with E-state index in [1.807, 2.05) is 13.1 Å². The Bertz CT molecular complexity index is 429. The zero-order chi connectivity index (χ0) is 14.4. The molecular formula is C15H26N4O. The summed E-state index contributed by atoms with van der Waals surface area (Å²) in [5, 5.41) is 13.3. The van der Waals surface area contributed by atoms with Gasteiger partial charge in [-0.2, -0.15) is 5.10 Å². The van der Waals surface area contributed by atoms with Crippen molar-refractivity contribution >= 4 is 5.91 Å². The standard InChI is InChI=1S/C15H26N4O/c1-3-12-6-8-16-14(9-12)15(20)17-7-4-5-13-10-18-19-11(13)2/h10,12,14,16H,3-9H2,1-2H3,(H,17,20)(H,18,19). The topological polar surface area (TPSA) is 69.8 Å². The maximum Gasteiger partial charge on any atom is 0.237 e. The third kappa shape index (κ3) is 4.07. The van der Waals surface area contributed by atoms with Crippen molar-refractivity contribution < 1.29 is 4.79 Å². The minimum Gasteiger partial charge on any atom is -0.355 e. The number of carbonyl (C=O) groups is 1. The molecule has 5 nitrogen and oxygen atoms in total. The lowest BCUT2D eigenvalue weighted by molar-refractivity contribution is -0.124. The first-order valence-corrected chi connectivity index (χ1v) is 7.70. The molecule has 1 aliphatic rings. The number of amides is 1. The molecule has 0 bridgehead atoms. The molecule has 0 saturated carbocycles. The van der Waals surface area contributed by atoms with E-state index in [2.05, 4.69) is 27.8 Å². The maximum absolute atomic E-state index is 12.1. The minimum absolute atomic E-state index is 0.00404. The van der Waals surface area contributed by atoms with Gasteiger partial charge in [-0.25, -0.2) is 0 Å². The molecule has 1 amide bonds. The highest BCUT2D eigenvalue weighted by Gasteiger charge is 2.25. The number of H-pyrrole nitrogens is 1. The molecule has 2 heterocycles. The second-order valence-electron chi connectivity index (χ2n) is 5.72. The van der Waals surface area contributed by atoms with Crippen molar-refractivity contribution in [1.82, 2.24) is 20.8 Å². The van der Waals surface area contributed by atoms with E-state index >= 15 is 0 Å². The van der Waals surface area contributed by atoms with Gasteiger partial charge in [0.2, 0.25) is 5.91 Å². The maximum atomic E-state index is 12.1. The van der Waals surface area contributed by atoms with Gasteiger partial charge in [0.25, 0.3) is 0 Å². The van der Waals surface area contributed by atoms with E-state index in [-0.39, 0.29) is 11.9 Å². The lowest BCUT2D eigenvalue weighted by atomic mass is 9.90. The van der Waals surface area contributed by atoms with Crippen LogP contribution in [0.15, 0.2) is 6.20 Å². The van der Waals surface area contributed by atoms with Gasteiger partial charge in [0.05, 0.1) is 12.2 Å². The molecule has 112 valence electrons. The fraction of sp³-hybridized carbons (Fsp3) is 0.733. The minimum atomic E-state index is 0.00404. The third-order valence-corrected chi connectivity index (χ3v) is 4.26. The Kier molecular flexibility index (Phi) is 5.59. The monoisotopic (exact) mass is 278 g/mol. The van der Waals surface area contributed by atoms with Crippen LogP contribution in [0.2, 0.25) is 0 Å². The van der Waals surface area contributed by atoms with Gasteiger partial charge in [-0.05, 0) is 50.6 Å². The van der Waals surface area contributed by atoms with E-state index in [4.69, 9.17) is 0 Å². The molecule has 0 spiro atoms. The zero-order valence-corrected chi connectivity index (χ0v) is 12.5. The molecule has 3 N–H and O–H groups in total. The van der Waals surface area contributed by atoms with Crippen molar-refractivity contribution in [3.63, 3.8) is 0 Å². The van der Waals surface area contributed by atoms with Crippen LogP contribution in [0.4, 0.5) is 0 Å². The summed E-state index contributed by atoms with van der Waals surface area (Å²) in [5.74, 6) is 0.854. The smallest absolute Gasteiger partial charge is 0.237 e. The molecule has 0 aliphatic carbocycles. The molecule has 2 rings (SSSR count). The van der Waals surface area contributed by atoms with Crippen molar-refractivity contribution in [2.75, 3.05) is 13.1 Å². The molecule has 1 aromatic heterocycles. The Morgan fingerprint density at radius 3 is 3.10 bits per heavy atom. The van der Waals surface area contributed by atoms with Crippen LogP contribution < -0.4 is 10.6 Å². The first-order chi connectivity index (χ1) is 9.70. The Balaban J connectivity index is 1.66. The summed E-state index contributed by atoms with van der Waals surface area (Å²) in [6, 6.07) is 0.00404. The number of carbonyl (C=O) groups excluding carboxylic acids is 1. The summed E-state index contributed by atoms with van der Waals surface area (Å²) in [6.07, 6.45) is 7.12. The van der Waals surface area contributed by atoms with Gasteiger partial charge in [-0.15, -0.1) is 0 Å². The molecule has 0 radical (unpaired) electrons. The summed E-state index contributed by atoms with van der Waals surface area (Å²) >= 11 is 0. The lowest BCUT2D eigenvalue weighted by Crippen LogP contribution is -2.48. The molecule has 20 heavy (non-hydrogen) atoms. The lowest BCUT2D eigenvalue weighted by Gasteiger charge is -2.28. The third-order valence-electron chi connectivity index (χ3n) is 4.26. The Morgan fingerprint density at radius 1 is 1.55 bits per heavy atom. The Hall–Kier alpha value is -1.36. The van der Waals surface area contributed by atoms with Crippen molar-refractivity contribution in [3.05, 3.63) is 17.5 Å². The number of hydrogen-bond acceptors (Lipinski definition) is 3. The average Bonchev–Trinajstić information content (AvgIpc) is 2.89. The molecular weight excluding hydrogens is 252 g/mol. The van der Waals surface area contributed by atoms with Gasteiger partial charge in [-0.1, -0.05) is 13.3 Å². The average molecular weight is 278 g/mol. The second kappa shape index (κ2) is 7.43. The van der Waals surface area contributed by atoms with Gasteiger partial charge in [0.15, 0.2) is 0 Å². The summed E-state index contributed by atoms with van der Waals surface area (Å²) in [4.78, 5) is 12.1. The fourth-order valence-corrected chi connectivity index (χ4v) is 2.81. The van der Waals surface area contributed by atoms with Crippen molar-refractivity contribution in [2.24, 2.45) is 5.92 Å². The molecule has 1 aromatic rings. The van der Waals surface area contributed by atoms with Crippen LogP contribution in [0, 0.1) is 12.8 Å². The van der Waals surface area contributed by atoms with Crippen molar-refractivity contribution in [1.29, 1.82) is 0 Å². The number of rotatable bonds is 6. The normalized spacial score (nSPS) is 22.7. The number of aromatic nitrogens is 2. The molecule has 1 aliphatic heterocycles. The molecule has 5 heteroatoms. The van der Waals surface area contributed by atoms with Crippen LogP contribution in [0.3, 0.4) is 0 Å².